The molecule has 26 heavy (non-hydrogen) atoms. The van der Waals surface area contributed by atoms with Gasteiger partial charge in [-0.05, 0) is 23.1 Å². The predicted octanol–water partition coefficient (Wildman–Crippen LogP) is 4.08. The fourth-order valence-corrected chi connectivity index (χ4v) is 2.43. The highest BCUT2D eigenvalue weighted by atomic mass is 16.6. The van der Waals surface area contributed by atoms with Crippen LogP contribution in [-0.4, -0.2) is 22.8 Å². The first kappa shape index (κ1) is 19.0. The second-order valence-electron chi connectivity index (χ2n) is 6.91. The highest BCUT2D eigenvalue weighted by Gasteiger charge is 2.23. The Morgan fingerprint density at radius 1 is 0.923 bits per heavy atom. The number of anilines is 1. The molecule has 0 N–H and O–H groups in total. The minimum atomic E-state index is -0.762. The summed E-state index contributed by atoms with van der Waals surface area (Å²) in [5, 5.41) is 22.0. The van der Waals surface area contributed by atoms with Gasteiger partial charge in [-0.1, -0.05) is 32.9 Å². The van der Waals surface area contributed by atoms with Gasteiger partial charge >= 0.3 is 0 Å². The molecule has 0 saturated heterocycles. The standard InChI is InChI=1S/C18H19N3O5/c1-18(2,3)13-5-7-14(8-6-13)19(4)17(22)12-9-15(20(23)24)11-16(10-12)21(25)26/h5-11H,1-4H3. The van der Waals surface area contributed by atoms with Crippen LogP contribution >= 0.6 is 0 Å². The van der Waals surface area contributed by atoms with Crippen LogP contribution in [0.2, 0.25) is 0 Å². The zero-order chi connectivity index (χ0) is 19.6. The maximum atomic E-state index is 12.7. The van der Waals surface area contributed by atoms with E-state index >= 15 is 0 Å². The second kappa shape index (κ2) is 6.91. The fourth-order valence-electron chi connectivity index (χ4n) is 2.43. The van der Waals surface area contributed by atoms with E-state index in [4.69, 9.17) is 0 Å². The first-order valence-corrected chi connectivity index (χ1v) is 7.83. The molecule has 0 radical (unpaired) electrons. The van der Waals surface area contributed by atoms with Crippen LogP contribution in [0.4, 0.5) is 17.1 Å². The van der Waals surface area contributed by atoms with E-state index < -0.39 is 27.1 Å². The monoisotopic (exact) mass is 357 g/mol. The topological polar surface area (TPSA) is 107 Å². The third kappa shape index (κ3) is 4.02. The summed E-state index contributed by atoms with van der Waals surface area (Å²) in [7, 11) is 1.51. The molecule has 136 valence electrons. The van der Waals surface area contributed by atoms with Crippen molar-refractivity contribution in [2.45, 2.75) is 26.2 Å². The Hall–Kier alpha value is -3.29. The summed E-state index contributed by atoms with van der Waals surface area (Å²) < 4.78 is 0. The molecular formula is C18H19N3O5. The molecule has 0 fully saturated rings. The molecule has 8 heteroatoms. The van der Waals surface area contributed by atoms with Gasteiger partial charge in [-0.15, -0.1) is 0 Å². The van der Waals surface area contributed by atoms with E-state index in [-0.39, 0.29) is 11.0 Å². The molecule has 8 nitrogen and oxygen atoms in total. The van der Waals surface area contributed by atoms with Crippen LogP contribution in [0.3, 0.4) is 0 Å². The molecule has 0 aromatic heterocycles. The first-order chi connectivity index (χ1) is 12.0. The van der Waals surface area contributed by atoms with E-state index in [9.17, 15) is 25.0 Å². The summed E-state index contributed by atoms with van der Waals surface area (Å²) in [5.41, 5.74) is 0.512. The Labute approximate surface area is 150 Å². The number of rotatable bonds is 4. The quantitative estimate of drug-likeness (QED) is 0.605. The Balaban J connectivity index is 2.38. The van der Waals surface area contributed by atoms with Crippen molar-refractivity contribution in [2.24, 2.45) is 0 Å². The first-order valence-electron chi connectivity index (χ1n) is 7.83. The molecular weight excluding hydrogens is 338 g/mol. The summed E-state index contributed by atoms with van der Waals surface area (Å²) in [5.74, 6) is -0.569. The van der Waals surface area contributed by atoms with Crippen LogP contribution in [-0.2, 0) is 5.41 Å². The van der Waals surface area contributed by atoms with Crippen LogP contribution in [0, 0.1) is 20.2 Å². The molecule has 1 amide bonds. The van der Waals surface area contributed by atoms with Gasteiger partial charge in [0.2, 0.25) is 0 Å². The van der Waals surface area contributed by atoms with E-state index in [0.29, 0.717) is 5.69 Å². The van der Waals surface area contributed by atoms with Crippen LogP contribution in [0.25, 0.3) is 0 Å². The number of nitro benzene ring substituents is 2. The van der Waals surface area contributed by atoms with Crippen LogP contribution in [0.15, 0.2) is 42.5 Å². The lowest BCUT2D eigenvalue weighted by molar-refractivity contribution is -0.394. The molecule has 0 aliphatic rings. The Morgan fingerprint density at radius 3 is 1.77 bits per heavy atom. The summed E-state index contributed by atoms with van der Waals surface area (Å²) in [6, 6.07) is 10.2. The zero-order valence-electron chi connectivity index (χ0n) is 14.9. The van der Waals surface area contributed by atoms with Gasteiger partial charge in [-0.25, -0.2) is 0 Å². The minimum Gasteiger partial charge on any atom is -0.311 e. The van der Waals surface area contributed by atoms with E-state index in [1.807, 2.05) is 12.1 Å². The average molecular weight is 357 g/mol. The number of nitro groups is 2. The van der Waals surface area contributed by atoms with Gasteiger partial charge in [0.15, 0.2) is 0 Å². The normalized spacial score (nSPS) is 11.1. The molecule has 0 unspecified atom stereocenters. The smallest absolute Gasteiger partial charge is 0.277 e. The number of nitrogens with zero attached hydrogens (tertiary/aromatic N) is 3. The maximum Gasteiger partial charge on any atom is 0.277 e. The van der Waals surface area contributed by atoms with Crippen molar-refractivity contribution in [2.75, 3.05) is 11.9 Å². The lowest BCUT2D eigenvalue weighted by Gasteiger charge is -2.22. The van der Waals surface area contributed by atoms with Crippen molar-refractivity contribution >= 4 is 23.0 Å². The minimum absolute atomic E-state index is 0.0399. The van der Waals surface area contributed by atoms with E-state index in [1.165, 1.54) is 11.9 Å². The molecule has 0 aliphatic carbocycles. The van der Waals surface area contributed by atoms with Gasteiger partial charge in [0.05, 0.1) is 21.5 Å². The van der Waals surface area contributed by atoms with E-state index in [1.54, 1.807) is 12.1 Å². The molecule has 2 aromatic rings. The van der Waals surface area contributed by atoms with Crippen molar-refractivity contribution in [1.29, 1.82) is 0 Å². The number of hydrogen-bond donors (Lipinski definition) is 0. The lowest BCUT2D eigenvalue weighted by atomic mass is 9.87. The fraction of sp³-hybridized carbons (Fsp3) is 0.278. The molecule has 2 rings (SSSR count). The molecule has 0 aliphatic heterocycles. The van der Waals surface area contributed by atoms with Crippen molar-refractivity contribution in [1.82, 2.24) is 0 Å². The van der Waals surface area contributed by atoms with Gasteiger partial charge in [0.25, 0.3) is 17.3 Å². The summed E-state index contributed by atoms with van der Waals surface area (Å²) in [6.45, 7) is 6.21. The van der Waals surface area contributed by atoms with Crippen LogP contribution in [0.5, 0.6) is 0 Å². The second-order valence-corrected chi connectivity index (χ2v) is 6.91. The number of carbonyl (C=O) groups is 1. The molecule has 0 heterocycles. The predicted molar refractivity (Wildman–Crippen MR) is 97.6 cm³/mol. The Morgan fingerprint density at radius 2 is 1.38 bits per heavy atom. The number of benzene rings is 2. The summed E-state index contributed by atoms with van der Waals surface area (Å²) in [4.78, 5) is 34.4. The maximum absolute atomic E-state index is 12.7. The molecule has 2 aromatic carbocycles. The molecule has 0 spiro atoms. The molecule has 0 bridgehead atoms. The Kier molecular flexibility index (Phi) is 5.06. The summed E-state index contributed by atoms with van der Waals surface area (Å²) in [6.07, 6.45) is 0. The SMILES string of the molecule is CN(C(=O)c1cc([N+](=O)[O-])cc([N+](=O)[O-])c1)c1ccc(C(C)(C)C)cc1. The highest BCUT2D eigenvalue weighted by molar-refractivity contribution is 6.06. The van der Waals surface area contributed by atoms with Gasteiger partial charge in [-0.2, -0.15) is 0 Å². The van der Waals surface area contributed by atoms with Crippen LogP contribution in [0.1, 0.15) is 36.7 Å². The van der Waals surface area contributed by atoms with Crippen LogP contribution < -0.4 is 4.90 Å². The lowest BCUT2D eigenvalue weighted by Crippen LogP contribution is -2.26. The van der Waals surface area contributed by atoms with E-state index in [2.05, 4.69) is 20.8 Å². The van der Waals surface area contributed by atoms with Gasteiger partial charge < -0.3 is 4.90 Å². The van der Waals surface area contributed by atoms with Gasteiger partial charge in [0.1, 0.15) is 0 Å². The Bertz CT molecular complexity index is 837. The summed E-state index contributed by atoms with van der Waals surface area (Å²) >= 11 is 0. The number of amides is 1. The zero-order valence-corrected chi connectivity index (χ0v) is 14.9. The average Bonchev–Trinajstić information content (AvgIpc) is 2.59. The molecule has 0 atom stereocenters. The van der Waals surface area contributed by atoms with Crippen molar-refractivity contribution in [3.05, 3.63) is 73.8 Å². The van der Waals surface area contributed by atoms with Crippen molar-refractivity contribution < 1.29 is 14.6 Å². The third-order valence-electron chi connectivity index (χ3n) is 4.00. The van der Waals surface area contributed by atoms with E-state index in [0.717, 1.165) is 23.8 Å². The molecule has 0 saturated carbocycles. The number of non-ortho nitro benzene ring substituents is 2. The third-order valence-corrected chi connectivity index (χ3v) is 4.00. The number of hydrogen-bond acceptors (Lipinski definition) is 5. The van der Waals surface area contributed by atoms with Crippen molar-refractivity contribution in [3.8, 4) is 0 Å². The van der Waals surface area contributed by atoms with Gasteiger partial charge in [-0.3, -0.25) is 25.0 Å². The van der Waals surface area contributed by atoms with Crippen molar-refractivity contribution in [3.63, 3.8) is 0 Å². The van der Waals surface area contributed by atoms with Gasteiger partial charge in [0, 0.05) is 24.9 Å². The largest absolute Gasteiger partial charge is 0.311 e. The number of carbonyl (C=O) groups excluding carboxylic acids is 1. The highest BCUT2D eigenvalue weighted by Crippen LogP contribution is 2.27.